The van der Waals surface area contributed by atoms with E-state index in [2.05, 4.69) is 5.10 Å². The van der Waals surface area contributed by atoms with Crippen molar-refractivity contribution in [3.8, 4) is 0 Å². The van der Waals surface area contributed by atoms with Crippen molar-refractivity contribution in [2.24, 2.45) is 5.92 Å². The standard InChI is InChI=1S/C22H23N3O4/c26-19(14-25-22(29)18-9-5-4-8-17(18)21(28)23-25)24-12-10-16(11-13-24)20(27)15-6-2-1-3-7-15/h1-9,16,20,27H,10-14H2,(H,23,28)/t20-/m1/s1. The number of hydrogen-bond acceptors (Lipinski definition) is 4. The number of fused-ring (bicyclic) bond motifs is 1. The predicted octanol–water partition coefficient (Wildman–Crippen LogP) is 1.66. The summed E-state index contributed by atoms with van der Waals surface area (Å²) in [6.07, 6.45) is 0.823. The summed E-state index contributed by atoms with van der Waals surface area (Å²) in [5.74, 6) is -0.129. The third-order valence-electron chi connectivity index (χ3n) is 5.66. The summed E-state index contributed by atoms with van der Waals surface area (Å²) in [6, 6.07) is 16.1. The zero-order chi connectivity index (χ0) is 20.4. The SMILES string of the molecule is O=C(Cn1[nH]c(=O)c2ccccc2c1=O)N1CCC([C@H](O)c2ccccc2)CC1. The van der Waals surface area contributed by atoms with Crippen LogP contribution in [0.5, 0.6) is 0 Å². The maximum atomic E-state index is 12.7. The number of aliphatic hydroxyl groups is 1. The fraction of sp³-hybridized carbons (Fsp3) is 0.318. The van der Waals surface area contributed by atoms with Gasteiger partial charge in [0.25, 0.3) is 11.1 Å². The molecule has 0 saturated carbocycles. The Morgan fingerprint density at radius 3 is 2.31 bits per heavy atom. The average molecular weight is 393 g/mol. The van der Waals surface area contributed by atoms with Crippen molar-refractivity contribution in [3.05, 3.63) is 80.9 Å². The van der Waals surface area contributed by atoms with Gasteiger partial charge in [-0.15, -0.1) is 0 Å². The van der Waals surface area contributed by atoms with Gasteiger partial charge >= 0.3 is 0 Å². The second-order valence-corrected chi connectivity index (χ2v) is 7.45. The number of amides is 1. The van der Waals surface area contributed by atoms with Crippen LogP contribution >= 0.6 is 0 Å². The Hall–Kier alpha value is -3.19. The normalized spacial score (nSPS) is 16.1. The molecule has 2 aromatic carbocycles. The Labute approximate surface area is 167 Å². The summed E-state index contributed by atoms with van der Waals surface area (Å²) in [4.78, 5) is 39.2. The molecule has 1 amide bonds. The van der Waals surface area contributed by atoms with Gasteiger partial charge in [0.1, 0.15) is 6.54 Å². The van der Waals surface area contributed by atoms with Crippen molar-refractivity contribution in [1.82, 2.24) is 14.7 Å². The van der Waals surface area contributed by atoms with Gasteiger partial charge in [0.15, 0.2) is 0 Å². The number of carbonyl (C=O) groups excluding carboxylic acids is 1. The molecular weight excluding hydrogens is 370 g/mol. The highest BCUT2D eigenvalue weighted by Gasteiger charge is 2.28. The lowest BCUT2D eigenvalue weighted by Gasteiger charge is -2.34. The Kier molecular flexibility index (Phi) is 5.31. The summed E-state index contributed by atoms with van der Waals surface area (Å²) in [6.45, 7) is 0.824. The smallest absolute Gasteiger partial charge is 0.273 e. The number of likely N-dealkylation sites (tertiary alicyclic amines) is 1. The number of H-pyrrole nitrogens is 1. The first-order valence-corrected chi connectivity index (χ1v) is 9.77. The summed E-state index contributed by atoms with van der Waals surface area (Å²) in [5, 5.41) is 13.7. The Morgan fingerprint density at radius 1 is 1.00 bits per heavy atom. The fourth-order valence-electron chi connectivity index (χ4n) is 3.98. The topological polar surface area (TPSA) is 95.4 Å². The van der Waals surface area contributed by atoms with Gasteiger partial charge in [-0.2, -0.15) is 0 Å². The molecule has 0 spiro atoms. The number of nitrogens with zero attached hydrogens (tertiary/aromatic N) is 2. The minimum Gasteiger partial charge on any atom is -0.388 e. The van der Waals surface area contributed by atoms with Crippen LogP contribution in [0.1, 0.15) is 24.5 Å². The van der Waals surface area contributed by atoms with Crippen LogP contribution in [0, 0.1) is 5.92 Å². The predicted molar refractivity (Wildman–Crippen MR) is 110 cm³/mol. The summed E-state index contributed by atoms with van der Waals surface area (Å²) in [5.41, 5.74) is 0.109. The number of benzene rings is 2. The first kappa shape index (κ1) is 19.1. The van der Waals surface area contributed by atoms with Crippen LogP contribution in [0.25, 0.3) is 10.8 Å². The lowest BCUT2D eigenvalue weighted by molar-refractivity contribution is -0.134. The molecule has 1 aliphatic heterocycles. The molecule has 150 valence electrons. The minimum absolute atomic E-state index is 0.0876. The molecule has 1 saturated heterocycles. The largest absolute Gasteiger partial charge is 0.388 e. The maximum Gasteiger partial charge on any atom is 0.273 e. The molecule has 1 aliphatic rings. The molecule has 29 heavy (non-hydrogen) atoms. The van der Waals surface area contributed by atoms with E-state index in [-0.39, 0.29) is 23.9 Å². The van der Waals surface area contributed by atoms with Gasteiger partial charge in [-0.3, -0.25) is 19.5 Å². The molecule has 0 unspecified atom stereocenters. The van der Waals surface area contributed by atoms with Gasteiger partial charge in [-0.05, 0) is 36.5 Å². The molecule has 1 fully saturated rings. The van der Waals surface area contributed by atoms with Crippen LogP contribution in [0.2, 0.25) is 0 Å². The van der Waals surface area contributed by atoms with Crippen molar-refractivity contribution in [1.29, 1.82) is 0 Å². The van der Waals surface area contributed by atoms with E-state index in [0.29, 0.717) is 36.7 Å². The molecule has 0 bridgehead atoms. The van der Waals surface area contributed by atoms with E-state index in [1.807, 2.05) is 30.3 Å². The van der Waals surface area contributed by atoms with Crippen LogP contribution in [-0.4, -0.2) is 38.8 Å². The van der Waals surface area contributed by atoms with Crippen molar-refractivity contribution in [2.75, 3.05) is 13.1 Å². The molecule has 0 radical (unpaired) electrons. The highest BCUT2D eigenvalue weighted by molar-refractivity contribution is 5.81. The van der Waals surface area contributed by atoms with E-state index in [1.165, 1.54) is 0 Å². The number of aliphatic hydroxyl groups excluding tert-OH is 1. The monoisotopic (exact) mass is 393 g/mol. The maximum absolute atomic E-state index is 12.7. The molecule has 2 N–H and O–H groups in total. The lowest BCUT2D eigenvalue weighted by atomic mass is 9.87. The lowest BCUT2D eigenvalue weighted by Crippen LogP contribution is -2.43. The Morgan fingerprint density at radius 2 is 1.62 bits per heavy atom. The van der Waals surface area contributed by atoms with E-state index in [1.54, 1.807) is 29.2 Å². The molecule has 0 aliphatic carbocycles. The zero-order valence-corrected chi connectivity index (χ0v) is 16.0. The number of hydrogen-bond donors (Lipinski definition) is 2. The second-order valence-electron chi connectivity index (χ2n) is 7.45. The van der Waals surface area contributed by atoms with E-state index in [9.17, 15) is 19.5 Å². The average Bonchev–Trinajstić information content (AvgIpc) is 2.77. The van der Waals surface area contributed by atoms with Crippen molar-refractivity contribution >= 4 is 16.7 Å². The van der Waals surface area contributed by atoms with Crippen LogP contribution in [-0.2, 0) is 11.3 Å². The number of aromatic nitrogens is 2. The fourth-order valence-corrected chi connectivity index (χ4v) is 3.98. The third kappa shape index (κ3) is 3.86. The Bertz CT molecular complexity index is 1130. The number of nitrogens with one attached hydrogen (secondary N) is 1. The van der Waals surface area contributed by atoms with Crippen molar-refractivity contribution in [3.63, 3.8) is 0 Å². The molecule has 2 heterocycles. The van der Waals surface area contributed by atoms with E-state index in [4.69, 9.17) is 0 Å². The Balaban J connectivity index is 1.43. The minimum atomic E-state index is -0.548. The summed E-state index contributed by atoms with van der Waals surface area (Å²) >= 11 is 0. The number of piperidine rings is 1. The summed E-state index contributed by atoms with van der Waals surface area (Å²) < 4.78 is 1.08. The highest BCUT2D eigenvalue weighted by Crippen LogP contribution is 2.30. The van der Waals surface area contributed by atoms with Crippen LogP contribution in [0.4, 0.5) is 0 Å². The third-order valence-corrected chi connectivity index (χ3v) is 5.66. The molecule has 4 rings (SSSR count). The molecule has 7 nitrogen and oxygen atoms in total. The van der Waals surface area contributed by atoms with Gasteiger partial charge in [-0.1, -0.05) is 42.5 Å². The van der Waals surface area contributed by atoms with E-state index >= 15 is 0 Å². The van der Waals surface area contributed by atoms with Gasteiger partial charge in [0, 0.05) is 13.1 Å². The zero-order valence-electron chi connectivity index (χ0n) is 16.0. The number of rotatable bonds is 4. The van der Waals surface area contributed by atoms with Crippen LogP contribution in [0.3, 0.4) is 0 Å². The van der Waals surface area contributed by atoms with E-state index in [0.717, 1.165) is 10.2 Å². The quantitative estimate of drug-likeness (QED) is 0.705. The molecule has 7 heteroatoms. The first-order chi connectivity index (χ1) is 14.0. The summed E-state index contributed by atoms with van der Waals surface area (Å²) in [7, 11) is 0. The van der Waals surface area contributed by atoms with Gasteiger partial charge in [-0.25, -0.2) is 4.68 Å². The highest BCUT2D eigenvalue weighted by atomic mass is 16.3. The van der Waals surface area contributed by atoms with Gasteiger partial charge in [0.05, 0.1) is 16.9 Å². The molecule has 3 aromatic rings. The van der Waals surface area contributed by atoms with E-state index < -0.39 is 11.7 Å². The number of aromatic amines is 1. The van der Waals surface area contributed by atoms with Crippen molar-refractivity contribution in [2.45, 2.75) is 25.5 Å². The number of carbonyl (C=O) groups is 1. The molecule has 1 atom stereocenters. The first-order valence-electron chi connectivity index (χ1n) is 9.77. The van der Waals surface area contributed by atoms with Gasteiger partial charge in [0.2, 0.25) is 5.91 Å². The van der Waals surface area contributed by atoms with Gasteiger partial charge < -0.3 is 10.0 Å². The second kappa shape index (κ2) is 8.05. The molecule has 1 aromatic heterocycles. The molecular formula is C22H23N3O4. The van der Waals surface area contributed by atoms with Crippen LogP contribution < -0.4 is 11.1 Å². The van der Waals surface area contributed by atoms with Crippen LogP contribution in [0.15, 0.2) is 64.2 Å². The van der Waals surface area contributed by atoms with Crippen molar-refractivity contribution < 1.29 is 9.90 Å².